The number of benzene rings is 1. The molecule has 0 spiro atoms. The van der Waals surface area contributed by atoms with Crippen molar-refractivity contribution in [3.05, 3.63) is 52.9 Å². The van der Waals surface area contributed by atoms with Crippen molar-refractivity contribution < 1.29 is 23.2 Å². The van der Waals surface area contributed by atoms with Crippen molar-refractivity contribution in [2.75, 3.05) is 6.54 Å². The first-order valence-corrected chi connectivity index (χ1v) is 6.83. The maximum absolute atomic E-state index is 14.0. The summed E-state index contributed by atoms with van der Waals surface area (Å²) in [6.45, 7) is 1.68. The number of hydrogen-bond acceptors (Lipinski definition) is 4. The summed E-state index contributed by atoms with van der Waals surface area (Å²) in [5.74, 6) is -1.23. The van der Waals surface area contributed by atoms with Crippen LogP contribution in [-0.2, 0) is 0 Å². The molecule has 0 unspecified atom stereocenters. The first kappa shape index (κ1) is 14.6. The lowest BCUT2D eigenvalue weighted by atomic mass is 10.0. The van der Waals surface area contributed by atoms with E-state index >= 15 is 0 Å². The van der Waals surface area contributed by atoms with Gasteiger partial charge in [-0.2, -0.15) is 0 Å². The smallest absolute Gasteiger partial charge is 0.276 e. The number of likely N-dealkylation sites (tertiary alicyclic amines) is 1. The second kappa shape index (κ2) is 5.49. The Bertz CT molecular complexity index is 717. The molecule has 0 bridgehead atoms. The molecule has 116 valence electrons. The van der Waals surface area contributed by atoms with Crippen LogP contribution in [0.2, 0.25) is 0 Å². The summed E-state index contributed by atoms with van der Waals surface area (Å²) in [5.41, 5.74) is 0.124. The fourth-order valence-corrected chi connectivity index (χ4v) is 2.72. The molecule has 3 rings (SSSR count). The Kier molecular flexibility index (Phi) is 3.66. The molecule has 22 heavy (non-hydrogen) atoms. The summed E-state index contributed by atoms with van der Waals surface area (Å²) in [4.78, 5) is 13.8. The maximum Gasteiger partial charge on any atom is 0.276 e. The minimum absolute atomic E-state index is 0.0331. The number of nitrogens with zero attached hydrogens (tertiary/aromatic N) is 2. The van der Waals surface area contributed by atoms with Gasteiger partial charge in [-0.15, -0.1) is 0 Å². The van der Waals surface area contributed by atoms with Gasteiger partial charge in [-0.3, -0.25) is 4.79 Å². The SMILES string of the molecule is Cc1cc(C(=O)N2C[C@H](O)C[C@H]2c2cc(F)ccc2F)no1. The summed E-state index contributed by atoms with van der Waals surface area (Å²) in [6, 6.07) is 3.80. The van der Waals surface area contributed by atoms with Gasteiger partial charge in [0.25, 0.3) is 5.91 Å². The molecule has 1 N–H and O–H groups in total. The van der Waals surface area contributed by atoms with Crippen LogP contribution in [0.3, 0.4) is 0 Å². The molecular weight excluding hydrogens is 294 g/mol. The lowest BCUT2D eigenvalue weighted by Crippen LogP contribution is -2.32. The average Bonchev–Trinajstić information content (AvgIpc) is 3.07. The van der Waals surface area contributed by atoms with Crippen LogP contribution in [0.25, 0.3) is 0 Å². The minimum Gasteiger partial charge on any atom is -0.391 e. The first-order chi connectivity index (χ1) is 10.5. The van der Waals surface area contributed by atoms with E-state index in [1.807, 2.05) is 0 Å². The lowest BCUT2D eigenvalue weighted by Gasteiger charge is -2.24. The summed E-state index contributed by atoms with van der Waals surface area (Å²) in [7, 11) is 0. The standard InChI is InChI=1S/C15H14F2N2O3/c1-8-4-13(18-22-8)15(21)19-7-10(20)6-14(19)11-5-9(16)2-3-12(11)17/h2-5,10,14,20H,6-7H2,1H3/t10-,14+/m1/s1. The Labute approximate surface area is 125 Å². The summed E-state index contributed by atoms with van der Waals surface area (Å²) < 4.78 is 32.2. The molecular formula is C15H14F2N2O3. The van der Waals surface area contributed by atoms with Gasteiger partial charge in [0.15, 0.2) is 5.69 Å². The third kappa shape index (κ3) is 2.59. The molecule has 2 aromatic rings. The molecule has 5 nitrogen and oxygen atoms in total. The molecule has 1 saturated heterocycles. The lowest BCUT2D eigenvalue weighted by molar-refractivity contribution is 0.0703. The van der Waals surface area contributed by atoms with E-state index in [2.05, 4.69) is 5.16 Å². The molecule has 0 radical (unpaired) electrons. The Hall–Kier alpha value is -2.28. The molecule has 1 amide bonds. The fourth-order valence-electron chi connectivity index (χ4n) is 2.72. The highest BCUT2D eigenvalue weighted by Gasteiger charge is 2.38. The summed E-state index contributed by atoms with van der Waals surface area (Å²) >= 11 is 0. The van der Waals surface area contributed by atoms with E-state index in [0.29, 0.717) is 5.76 Å². The highest BCUT2D eigenvalue weighted by atomic mass is 19.1. The predicted molar refractivity (Wildman–Crippen MR) is 72.0 cm³/mol. The molecule has 1 fully saturated rings. The number of amides is 1. The van der Waals surface area contributed by atoms with Crippen molar-refractivity contribution >= 4 is 5.91 Å². The van der Waals surface area contributed by atoms with Crippen molar-refractivity contribution in [3.63, 3.8) is 0 Å². The van der Waals surface area contributed by atoms with Gasteiger partial charge in [-0.25, -0.2) is 8.78 Å². The van der Waals surface area contributed by atoms with Crippen LogP contribution in [0, 0.1) is 18.6 Å². The third-order valence-corrected chi connectivity index (χ3v) is 3.70. The van der Waals surface area contributed by atoms with Gasteiger partial charge in [0.1, 0.15) is 17.4 Å². The van der Waals surface area contributed by atoms with Gasteiger partial charge < -0.3 is 14.5 Å². The van der Waals surface area contributed by atoms with Gasteiger partial charge in [-0.1, -0.05) is 5.16 Å². The number of rotatable bonds is 2. The van der Waals surface area contributed by atoms with Crippen molar-refractivity contribution in [3.8, 4) is 0 Å². The van der Waals surface area contributed by atoms with Gasteiger partial charge in [0.05, 0.1) is 12.1 Å². The van der Waals surface area contributed by atoms with E-state index in [9.17, 15) is 18.7 Å². The average molecular weight is 308 g/mol. The van der Waals surface area contributed by atoms with E-state index in [1.54, 1.807) is 6.92 Å². The molecule has 1 aliphatic rings. The fraction of sp³-hybridized carbons (Fsp3) is 0.333. The highest BCUT2D eigenvalue weighted by molar-refractivity contribution is 5.92. The number of aromatic nitrogens is 1. The number of aliphatic hydroxyl groups is 1. The zero-order valence-electron chi connectivity index (χ0n) is 11.8. The zero-order valence-corrected chi connectivity index (χ0v) is 11.8. The van der Waals surface area contributed by atoms with Gasteiger partial charge in [-0.05, 0) is 31.5 Å². The van der Waals surface area contributed by atoms with Crippen LogP contribution in [-0.4, -0.2) is 33.7 Å². The van der Waals surface area contributed by atoms with Crippen molar-refractivity contribution in [2.24, 2.45) is 0 Å². The number of carbonyl (C=O) groups is 1. The number of halogens is 2. The second-order valence-electron chi connectivity index (χ2n) is 5.35. The maximum atomic E-state index is 14.0. The van der Waals surface area contributed by atoms with Gasteiger partial charge >= 0.3 is 0 Å². The van der Waals surface area contributed by atoms with E-state index in [-0.39, 0.29) is 24.2 Å². The Balaban J connectivity index is 1.95. The summed E-state index contributed by atoms with van der Waals surface area (Å²) in [5, 5.41) is 13.5. The predicted octanol–water partition coefficient (Wildman–Crippen LogP) is 2.21. The number of β-amino-alcohol motifs (C(OH)–C–C–N with tert-alkyl or cyclic N) is 1. The van der Waals surface area contributed by atoms with Crippen molar-refractivity contribution in [1.29, 1.82) is 0 Å². The Morgan fingerprint density at radius 1 is 1.41 bits per heavy atom. The van der Waals surface area contributed by atoms with Crippen LogP contribution in [0.15, 0.2) is 28.8 Å². The summed E-state index contributed by atoms with van der Waals surface area (Å²) in [6.07, 6.45) is -0.659. The molecule has 7 heteroatoms. The van der Waals surface area contributed by atoms with Crippen molar-refractivity contribution in [1.82, 2.24) is 10.1 Å². The van der Waals surface area contributed by atoms with Crippen LogP contribution < -0.4 is 0 Å². The number of aliphatic hydroxyl groups excluding tert-OH is 1. The largest absolute Gasteiger partial charge is 0.391 e. The molecule has 2 atom stereocenters. The quantitative estimate of drug-likeness (QED) is 0.923. The molecule has 1 aromatic carbocycles. The third-order valence-electron chi connectivity index (χ3n) is 3.70. The number of aryl methyl sites for hydroxylation is 1. The number of hydrogen-bond donors (Lipinski definition) is 1. The first-order valence-electron chi connectivity index (χ1n) is 6.83. The highest BCUT2D eigenvalue weighted by Crippen LogP contribution is 2.35. The van der Waals surface area contributed by atoms with E-state index in [0.717, 1.165) is 18.2 Å². The minimum atomic E-state index is -0.801. The van der Waals surface area contributed by atoms with E-state index < -0.39 is 29.7 Å². The molecule has 1 aliphatic heterocycles. The normalized spacial score (nSPS) is 21.4. The molecule has 1 aromatic heterocycles. The van der Waals surface area contributed by atoms with E-state index in [4.69, 9.17) is 4.52 Å². The second-order valence-corrected chi connectivity index (χ2v) is 5.35. The van der Waals surface area contributed by atoms with Crippen LogP contribution in [0.4, 0.5) is 8.78 Å². The Morgan fingerprint density at radius 2 is 2.18 bits per heavy atom. The van der Waals surface area contributed by atoms with Crippen LogP contribution in [0.1, 0.15) is 34.3 Å². The monoisotopic (exact) mass is 308 g/mol. The van der Waals surface area contributed by atoms with Crippen molar-refractivity contribution in [2.45, 2.75) is 25.5 Å². The molecule has 0 saturated carbocycles. The Morgan fingerprint density at radius 3 is 2.86 bits per heavy atom. The van der Waals surface area contributed by atoms with Crippen LogP contribution in [0.5, 0.6) is 0 Å². The van der Waals surface area contributed by atoms with Crippen LogP contribution >= 0.6 is 0 Å². The van der Waals surface area contributed by atoms with E-state index in [1.165, 1.54) is 11.0 Å². The zero-order chi connectivity index (χ0) is 15.9. The van der Waals surface area contributed by atoms with Gasteiger partial charge in [0, 0.05) is 18.2 Å². The molecule has 2 heterocycles. The topological polar surface area (TPSA) is 66.6 Å². The number of carbonyl (C=O) groups excluding carboxylic acids is 1. The van der Waals surface area contributed by atoms with Gasteiger partial charge in [0.2, 0.25) is 0 Å². The molecule has 0 aliphatic carbocycles.